The van der Waals surface area contributed by atoms with Crippen LogP contribution in [0.15, 0.2) is 4.99 Å². The van der Waals surface area contributed by atoms with Crippen LogP contribution in [0.1, 0.15) is 0 Å². The summed E-state index contributed by atoms with van der Waals surface area (Å²) in [6.07, 6.45) is 0. The summed E-state index contributed by atoms with van der Waals surface area (Å²) in [5.41, 5.74) is 0.799. The molecule has 0 aromatic heterocycles. The van der Waals surface area contributed by atoms with Crippen LogP contribution in [0.5, 0.6) is 0 Å². The average molecular weight is 121 g/mol. The van der Waals surface area contributed by atoms with Gasteiger partial charge in [-0.2, -0.15) is 8.42 Å². The quantitative estimate of drug-likeness (QED) is 0.399. The molecule has 0 aromatic rings. The number of rotatable bonds is 0. The fourth-order valence-corrected chi connectivity index (χ4v) is 0.768. The van der Waals surface area contributed by atoms with E-state index >= 15 is 0 Å². The Hall–Kier alpha value is -0.420. The zero-order valence-corrected chi connectivity index (χ0v) is 4.18. The molecule has 1 aliphatic heterocycles. The van der Waals surface area contributed by atoms with Crippen LogP contribution in [0, 0.1) is 0 Å². The highest BCUT2D eigenvalue weighted by molar-refractivity contribution is 8.00. The number of hydrogen-bond donors (Lipinski definition) is 0. The lowest BCUT2D eigenvalue weighted by atomic mass is 11.3. The first-order valence-electron chi connectivity index (χ1n) is 1.60. The Morgan fingerprint density at radius 2 is 2.43 bits per heavy atom. The van der Waals surface area contributed by atoms with Crippen LogP contribution in [0.3, 0.4) is 0 Å². The van der Waals surface area contributed by atoms with E-state index in [9.17, 15) is 8.42 Å². The van der Waals surface area contributed by atoms with Crippen molar-refractivity contribution in [3.8, 4) is 0 Å². The molecule has 0 bridgehead atoms. The third-order valence-corrected chi connectivity index (χ3v) is 1.34. The molecule has 0 aliphatic carbocycles. The van der Waals surface area contributed by atoms with Gasteiger partial charge in [-0.3, -0.25) is 0 Å². The number of aliphatic imine (C=N–C) groups is 1. The van der Waals surface area contributed by atoms with Gasteiger partial charge in [-0.15, -0.1) is 0 Å². The van der Waals surface area contributed by atoms with Crippen LogP contribution in [-0.4, -0.2) is 20.7 Å². The lowest BCUT2D eigenvalue weighted by molar-refractivity contribution is 0.351. The molecule has 7 heavy (non-hydrogen) atoms. The van der Waals surface area contributed by atoms with Crippen LogP contribution in [0.25, 0.3) is 0 Å². The van der Waals surface area contributed by atoms with Gasteiger partial charge in [-0.1, -0.05) is 0 Å². The SMILES string of the molecule is O=S1(=O)C=NCO1. The Kier molecular flexibility index (Phi) is 0.862. The van der Waals surface area contributed by atoms with E-state index in [0.29, 0.717) is 0 Å². The Morgan fingerprint density at radius 1 is 1.71 bits per heavy atom. The van der Waals surface area contributed by atoms with Crippen molar-refractivity contribution in [3.63, 3.8) is 0 Å². The molecular formula is C2H3NO3S. The molecule has 5 heteroatoms. The molecule has 1 aliphatic rings. The van der Waals surface area contributed by atoms with Gasteiger partial charge in [0, 0.05) is 0 Å². The maximum atomic E-state index is 10.1. The molecule has 0 saturated carbocycles. The van der Waals surface area contributed by atoms with E-state index in [-0.39, 0.29) is 6.73 Å². The molecule has 0 fully saturated rings. The molecule has 0 saturated heterocycles. The predicted octanol–water partition coefficient (Wildman–Crippen LogP) is -0.668. The van der Waals surface area contributed by atoms with Crippen molar-refractivity contribution >= 4 is 15.7 Å². The molecule has 4 nitrogen and oxygen atoms in total. The largest absolute Gasteiger partial charge is 0.308 e. The van der Waals surface area contributed by atoms with Crippen molar-refractivity contribution in [1.82, 2.24) is 0 Å². The van der Waals surface area contributed by atoms with E-state index in [4.69, 9.17) is 0 Å². The summed E-state index contributed by atoms with van der Waals surface area (Å²) < 4.78 is 24.2. The van der Waals surface area contributed by atoms with Gasteiger partial charge in [0.1, 0.15) is 5.55 Å². The summed E-state index contributed by atoms with van der Waals surface area (Å²) in [7, 11) is -3.34. The second-order valence-corrected chi connectivity index (χ2v) is 2.46. The van der Waals surface area contributed by atoms with Gasteiger partial charge < -0.3 is 0 Å². The lowest BCUT2D eigenvalue weighted by Gasteiger charge is -1.80. The van der Waals surface area contributed by atoms with Crippen LogP contribution in [-0.2, 0) is 14.3 Å². The molecule has 0 radical (unpaired) electrons. The molecule has 0 aromatic carbocycles. The fourth-order valence-electron chi connectivity index (χ4n) is 0.256. The summed E-state index contributed by atoms with van der Waals surface area (Å²) in [5.74, 6) is 0. The van der Waals surface area contributed by atoms with Crippen LogP contribution in [0.2, 0.25) is 0 Å². The molecule has 0 spiro atoms. The molecule has 0 unspecified atom stereocenters. The molecule has 1 rings (SSSR count). The molecular weight excluding hydrogens is 118 g/mol. The number of hydrogen-bond acceptors (Lipinski definition) is 4. The standard InChI is InChI=1S/C2H3NO3S/c4-7(5)2-3-1-6-7/h2H,1H2. The van der Waals surface area contributed by atoms with Gasteiger partial charge >= 0.3 is 10.1 Å². The summed E-state index contributed by atoms with van der Waals surface area (Å²) >= 11 is 0. The van der Waals surface area contributed by atoms with Crippen molar-refractivity contribution in [2.75, 3.05) is 6.73 Å². The highest BCUT2D eigenvalue weighted by Crippen LogP contribution is 1.95. The van der Waals surface area contributed by atoms with Crippen molar-refractivity contribution in [2.24, 2.45) is 4.99 Å². The van der Waals surface area contributed by atoms with Crippen LogP contribution in [0.4, 0.5) is 0 Å². The van der Waals surface area contributed by atoms with Crippen molar-refractivity contribution in [2.45, 2.75) is 0 Å². The average Bonchev–Trinajstić information content (AvgIpc) is 1.84. The second kappa shape index (κ2) is 1.28. The smallest absolute Gasteiger partial charge is 0.249 e. The Bertz CT molecular complexity index is 179. The van der Waals surface area contributed by atoms with Gasteiger partial charge in [0.05, 0.1) is 0 Å². The first kappa shape index (κ1) is 4.73. The molecule has 1 heterocycles. The Balaban J connectivity index is 2.99. The van der Waals surface area contributed by atoms with Gasteiger partial charge in [-0.25, -0.2) is 9.18 Å². The highest BCUT2D eigenvalue weighted by Gasteiger charge is 2.10. The predicted molar refractivity (Wildman–Crippen MR) is 23.4 cm³/mol. The molecule has 0 atom stereocenters. The third kappa shape index (κ3) is 0.971. The van der Waals surface area contributed by atoms with Crippen LogP contribution >= 0.6 is 0 Å². The van der Waals surface area contributed by atoms with Gasteiger partial charge in [-0.05, 0) is 0 Å². The Morgan fingerprint density at radius 3 is 2.57 bits per heavy atom. The monoisotopic (exact) mass is 121 g/mol. The minimum absolute atomic E-state index is 0.0532. The molecule has 0 N–H and O–H groups in total. The summed E-state index contributed by atoms with van der Waals surface area (Å²) in [4.78, 5) is 3.30. The third-order valence-electron chi connectivity index (χ3n) is 0.495. The van der Waals surface area contributed by atoms with Gasteiger partial charge in [0.2, 0.25) is 0 Å². The zero-order valence-electron chi connectivity index (χ0n) is 3.36. The maximum absolute atomic E-state index is 10.1. The van der Waals surface area contributed by atoms with E-state index in [1.54, 1.807) is 0 Å². The fraction of sp³-hybridized carbons (Fsp3) is 0.500. The van der Waals surface area contributed by atoms with Crippen molar-refractivity contribution in [3.05, 3.63) is 0 Å². The molecule has 0 amide bonds. The van der Waals surface area contributed by atoms with Gasteiger partial charge in [0.15, 0.2) is 6.73 Å². The minimum atomic E-state index is -3.34. The second-order valence-electron chi connectivity index (χ2n) is 1.03. The van der Waals surface area contributed by atoms with E-state index in [1.165, 1.54) is 0 Å². The minimum Gasteiger partial charge on any atom is -0.249 e. The van der Waals surface area contributed by atoms with Crippen molar-refractivity contribution in [1.29, 1.82) is 0 Å². The first-order chi connectivity index (χ1) is 3.21. The summed E-state index contributed by atoms with van der Waals surface area (Å²) in [5, 5.41) is 0. The van der Waals surface area contributed by atoms with E-state index in [2.05, 4.69) is 9.18 Å². The van der Waals surface area contributed by atoms with E-state index in [0.717, 1.165) is 5.55 Å². The first-order valence-corrected chi connectivity index (χ1v) is 3.07. The van der Waals surface area contributed by atoms with Crippen LogP contribution < -0.4 is 0 Å². The zero-order chi connectivity index (χ0) is 5.33. The maximum Gasteiger partial charge on any atom is 0.308 e. The normalized spacial score (nSPS) is 25.7. The summed E-state index contributed by atoms with van der Waals surface area (Å²) in [6, 6.07) is 0. The summed E-state index contributed by atoms with van der Waals surface area (Å²) in [6.45, 7) is -0.0532. The topological polar surface area (TPSA) is 55.7 Å². The van der Waals surface area contributed by atoms with E-state index in [1.807, 2.05) is 0 Å². The highest BCUT2D eigenvalue weighted by atomic mass is 32.2. The Labute approximate surface area is 40.9 Å². The van der Waals surface area contributed by atoms with Crippen molar-refractivity contribution < 1.29 is 12.6 Å². The molecule has 40 valence electrons. The number of nitrogens with zero attached hydrogens (tertiary/aromatic N) is 1. The van der Waals surface area contributed by atoms with E-state index < -0.39 is 10.1 Å². The van der Waals surface area contributed by atoms with Gasteiger partial charge in [0.25, 0.3) is 0 Å². The lowest BCUT2D eigenvalue weighted by Crippen LogP contribution is -1.96.